The highest BCUT2D eigenvalue weighted by molar-refractivity contribution is 6.29. The zero-order chi connectivity index (χ0) is 15.4. The molecule has 0 radical (unpaired) electrons. The van der Waals surface area contributed by atoms with Gasteiger partial charge in [-0.15, -0.1) is 0 Å². The van der Waals surface area contributed by atoms with Gasteiger partial charge in [-0.2, -0.15) is 0 Å². The smallest absolute Gasteiger partial charge is 0.161 e. The minimum atomic E-state index is 0.516. The maximum Gasteiger partial charge on any atom is 0.161 e. The highest BCUT2D eigenvalue weighted by Gasteiger charge is 2.08. The van der Waals surface area contributed by atoms with Crippen molar-refractivity contribution in [2.45, 2.75) is 40.5 Å². The summed E-state index contributed by atoms with van der Waals surface area (Å²) in [4.78, 5) is 9.00. The van der Waals surface area contributed by atoms with E-state index in [1.807, 2.05) is 6.07 Å². The predicted molar refractivity (Wildman–Crippen MR) is 89.6 cm³/mol. The van der Waals surface area contributed by atoms with Gasteiger partial charge >= 0.3 is 0 Å². The number of benzene rings is 1. The van der Waals surface area contributed by atoms with Gasteiger partial charge in [-0.25, -0.2) is 9.97 Å². The van der Waals surface area contributed by atoms with Crippen LogP contribution in [0.4, 0.5) is 0 Å². The lowest BCUT2D eigenvalue weighted by Crippen LogP contribution is -2.01. The average Bonchev–Trinajstić information content (AvgIpc) is 2.37. The van der Waals surface area contributed by atoms with Crippen LogP contribution in [0.5, 0.6) is 0 Å². The molecule has 2 aromatic rings. The van der Waals surface area contributed by atoms with E-state index in [9.17, 15) is 0 Å². The molecule has 0 unspecified atom stereocenters. The van der Waals surface area contributed by atoms with Crippen LogP contribution in [0.3, 0.4) is 0 Å². The van der Waals surface area contributed by atoms with Crippen molar-refractivity contribution in [1.82, 2.24) is 9.97 Å². The summed E-state index contributed by atoms with van der Waals surface area (Å²) < 4.78 is 0. The first-order chi connectivity index (χ1) is 9.94. The molecule has 0 atom stereocenters. The van der Waals surface area contributed by atoms with Gasteiger partial charge in [0.05, 0.1) is 0 Å². The molecule has 3 heteroatoms. The molecule has 0 N–H and O–H groups in total. The summed E-state index contributed by atoms with van der Waals surface area (Å²) in [6, 6.07) is 10.3. The standard InChI is InChI=1S/C18H23ClN2/c1-12(2)9-14-5-7-15(8-6-14)18-20-16(10-13(3)4)11-17(19)21-18/h5-8,11-13H,9-10H2,1-4H3. The van der Waals surface area contributed by atoms with Crippen molar-refractivity contribution >= 4 is 11.6 Å². The normalized spacial score (nSPS) is 11.4. The van der Waals surface area contributed by atoms with Gasteiger partial charge in [0.2, 0.25) is 0 Å². The van der Waals surface area contributed by atoms with Gasteiger partial charge in [0.25, 0.3) is 0 Å². The molecular weight excluding hydrogens is 280 g/mol. The van der Waals surface area contributed by atoms with Gasteiger partial charge in [-0.1, -0.05) is 63.6 Å². The van der Waals surface area contributed by atoms with Gasteiger partial charge in [0.1, 0.15) is 5.15 Å². The van der Waals surface area contributed by atoms with Crippen molar-refractivity contribution in [3.05, 3.63) is 46.7 Å². The fourth-order valence-electron chi connectivity index (χ4n) is 2.38. The Labute approximate surface area is 132 Å². The van der Waals surface area contributed by atoms with E-state index in [-0.39, 0.29) is 0 Å². The molecule has 0 amide bonds. The number of aromatic nitrogens is 2. The molecule has 0 saturated carbocycles. The summed E-state index contributed by atoms with van der Waals surface area (Å²) in [6.07, 6.45) is 2.01. The molecule has 2 rings (SSSR count). The molecule has 0 aliphatic carbocycles. The van der Waals surface area contributed by atoms with E-state index in [0.29, 0.717) is 22.8 Å². The quantitative estimate of drug-likeness (QED) is 0.710. The molecule has 0 spiro atoms. The zero-order valence-corrected chi connectivity index (χ0v) is 14.0. The molecular formula is C18H23ClN2. The highest BCUT2D eigenvalue weighted by atomic mass is 35.5. The summed E-state index contributed by atoms with van der Waals surface area (Å²) in [6.45, 7) is 8.81. The summed E-state index contributed by atoms with van der Waals surface area (Å²) in [5.74, 6) is 1.93. The molecule has 21 heavy (non-hydrogen) atoms. The van der Waals surface area contributed by atoms with Crippen LogP contribution in [0.25, 0.3) is 11.4 Å². The van der Waals surface area contributed by atoms with Crippen LogP contribution in [0, 0.1) is 11.8 Å². The van der Waals surface area contributed by atoms with Gasteiger partial charge in [-0.3, -0.25) is 0 Å². The fourth-order valence-corrected chi connectivity index (χ4v) is 2.58. The van der Waals surface area contributed by atoms with Gasteiger partial charge in [0.15, 0.2) is 5.82 Å². The largest absolute Gasteiger partial charge is 0.233 e. The van der Waals surface area contributed by atoms with Crippen LogP contribution >= 0.6 is 11.6 Å². The molecule has 1 aromatic heterocycles. The van der Waals surface area contributed by atoms with Crippen molar-refractivity contribution in [2.24, 2.45) is 11.8 Å². The maximum atomic E-state index is 6.13. The topological polar surface area (TPSA) is 25.8 Å². The monoisotopic (exact) mass is 302 g/mol. The molecule has 2 nitrogen and oxygen atoms in total. The average molecular weight is 303 g/mol. The van der Waals surface area contributed by atoms with E-state index in [0.717, 1.165) is 24.1 Å². The van der Waals surface area contributed by atoms with Gasteiger partial charge in [0, 0.05) is 11.3 Å². The lowest BCUT2D eigenvalue weighted by atomic mass is 10.0. The molecule has 0 bridgehead atoms. The van der Waals surface area contributed by atoms with Crippen molar-refractivity contribution in [3.63, 3.8) is 0 Å². The highest BCUT2D eigenvalue weighted by Crippen LogP contribution is 2.21. The number of nitrogens with zero attached hydrogens (tertiary/aromatic N) is 2. The first kappa shape index (κ1) is 16.0. The third kappa shape index (κ3) is 4.82. The second kappa shape index (κ2) is 7.04. The lowest BCUT2D eigenvalue weighted by Gasteiger charge is -2.09. The third-order valence-electron chi connectivity index (χ3n) is 3.22. The first-order valence-electron chi connectivity index (χ1n) is 7.57. The zero-order valence-electron chi connectivity index (χ0n) is 13.2. The van der Waals surface area contributed by atoms with E-state index in [4.69, 9.17) is 11.6 Å². The SMILES string of the molecule is CC(C)Cc1ccc(-c2nc(Cl)cc(CC(C)C)n2)cc1. The number of hydrogen-bond donors (Lipinski definition) is 0. The Bertz CT molecular complexity index is 589. The molecule has 0 saturated heterocycles. The number of hydrogen-bond acceptors (Lipinski definition) is 2. The maximum absolute atomic E-state index is 6.13. The molecule has 112 valence electrons. The van der Waals surface area contributed by atoms with E-state index >= 15 is 0 Å². The van der Waals surface area contributed by atoms with Crippen molar-refractivity contribution in [3.8, 4) is 11.4 Å². The molecule has 1 aromatic carbocycles. The molecule has 1 heterocycles. The predicted octanol–water partition coefficient (Wildman–Crippen LogP) is 5.19. The van der Waals surface area contributed by atoms with Crippen LogP contribution in [0.15, 0.2) is 30.3 Å². The van der Waals surface area contributed by atoms with Crippen LogP contribution in [0.2, 0.25) is 5.15 Å². The Hall–Kier alpha value is -1.41. The van der Waals surface area contributed by atoms with Crippen LogP contribution < -0.4 is 0 Å². The van der Waals surface area contributed by atoms with E-state index < -0.39 is 0 Å². The van der Waals surface area contributed by atoms with Crippen molar-refractivity contribution in [2.75, 3.05) is 0 Å². The van der Waals surface area contributed by atoms with Crippen LogP contribution in [-0.4, -0.2) is 9.97 Å². The van der Waals surface area contributed by atoms with Crippen LogP contribution in [0.1, 0.15) is 39.0 Å². The Kier molecular flexibility index (Phi) is 5.35. The van der Waals surface area contributed by atoms with E-state index in [1.54, 1.807) is 0 Å². The summed E-state index contributed by atoms with van der Waals surface area (Å²) in [5, 5.41) is 0.516. The summed E-state index contributed by atoms with van der Waals surface area (Å²) in [7, 11) is 0. The van der Waals surface area contributed by atoms with Crippen molar-refractivity contribution in [1.29, 1.82) is 0 Å². The minimum Gasteiger partial charge on any atom is -0.233 e. The molecule has 0 aliphatic rings. The summed E-state index contributed by atoms with van der Waals surface area (Å²) >= 11 is 6.13. The Morgan fingerprint density at radius 1 is 0.905 bits per heavy atom. The van der Waals surface area contributed by atoms with Gasteiger partial charge in [-0.05, 0) is 36.3 Å². The van der Waals surface area contributed by atoms with E-state index in [2.05, 4.69) is 61.9 Å². The second-order valence-corrected chi connectivity index (χ2v) is 6.79. The Balaban J connectivity index is 2.26. The molecule has 0 aliphatic heterocycles. The van der Waals surface area contributed by atoms with Crippen LogP contribution in [-0.2, 0) is 12.8 Å². The first-order valence-corrected chi connectivity index (χ1v) is 7.94. The second-order valence-electron chi connectivity index (χ2n) is 6.40. The van der Waals surface area contributed by atoms with Crippen molar-refractivity contribution < 1.29 is 0 Å². The Morgan fingerprint density at radius 2 is 1.52 bits per heavy atom. The van der Waals surface area contributed by atoms with Gasteiger partial charge < -0.3 is 0 Å². The molecule has 0 fully saturated rings. The number of halogens is 1. The fraction of sp³-hybridized carbons (Fsp3) is 0.444. The summed E-state index contributed by atoms with van der Waals surface area (Å²) in [5.41, 5.74) is 3.37. The third-order valence-corrected chi connectivity index (χ3v) is 3.42. The Morgan fingerprint density at radius 3 is 2.10 bits per heavy atom. The van der Waals surface area contributed by atoms with E-state index in [1.165, 1.54) is 5.56 Å². The number of rotatable bonds is 5. The lowest BCUT2D eigenvalue weighted by molar-refractivity contribution is 0.634. The minimum absolute atomic E-state index is 0.516.